The lowest BCUT2D eigenvalue weighted by Gasteiger charge is -2.14. The van der Waals surface area contributed by atoms with Crippen LogP contribution in [0.1, 0.15) is 19.3 Å². The van der Waals surface area contributed by atoms with Gasteiger partial charge < -0.3 is 0 Å². The van der Waals surface area contributed by atoms with Crippen LogP contribution in [0, 0.1) is 5.92 Å². The molecule has 0 spiro atoms. The van der Waals surface area contributed by atoms with Crippen molar-refractivity contribution in [3.05, 3.63) is 12.2 Å². The van der Waals surface area contributed by atoms with Crippen LogP contribution in [0.3, 0.4) is 0 Å². The first-order chi connectivity index (χ1) is 4.43. The van der Waals surface area contributed by atoms with Gasteiger partial charge in [-0.3, -0.25) is 11.3 Å². The van der Waals surface area contributed by atoms with Crippen molar-refractivity contribution in [1.29, 1.82) is 0 Å². The van der Waals surface area contributed by atoms with Crippen molar-refractivity contribution >= 4 is 0 Å². The van der Waals surface area contributed by atoms with Crippen LogP contribution in [0.15, 0.2) is 12.2 Å². The summed E-state index contributed by atoms with van der Waals surface area (Å²) in [6.45, 7) is 0.927. The molecule has 3 N–H and O–H groups in total. The Bertz CT molecular complexity index is 99.1. The van der Waals surface area contributed by atoms with Gasteiger partial charge in [-0.2, -0.15) is 0 Å². The van der Waals surface area contributed by atoms with Crippen molar-refractivity contribution in [1.82, 2.24) is 5.43 Å². The average molecular weight is 126 g/mol. The number of nitrogens with two attached hydrogens (primary N) is 1. The molecule has 1 unspecified atom stereocenters. The molecule has 0 radical (unpaired) electrons. The van der Waals surface area contributed by atoms with Gasteiger partial charge in [-0.15, -0.1) is 0 Å². The molecule has 0 saturated heterocycles. The lowest BCUT2D eigenvalue weighted by atomic mass is 9.96. The maximum Gasteiger partial charge on any atom is 0.0160 e. The first-order valence-electron chi connectivity index (χ1n) is 3.53. The molecule has 0 saturated carbocycles. The van der Waals surface area contributed by atoms with Gasteiger partial charge in [0.1, 0.15) is 0 Å². The predicted octanol–water partition coefficient (Wildman–Crippen LogP) is 0.806. The molecule has 0 aromatic rings. The molecule has 0 aromatic heterocycles. The Morgan fingerprint density at radius 2 is 2.56 bits per heavy atom. The highest BCUT2D eigenvalue weighted by Gasteiger charge is 2.05. The zero-order valence-electron chi connectivity index (χ0n) is 5.64. The van der Waals surface area contributed by atoms with E-state index in [1.54, 1.807) is 0 Å². The average Bonchev–Trinajstić information content (AvgIpc) is 1.91. The lowest BCUT2D eigenvalue weighted by molar-refractivity contribution is 0.501. The summed E-state index contributed by atoms with van der Waals surface area (Å²) >= 11 is 0. The van der Waals surface area contributed by atoms with E-state index in [0.29, 0.717) is 5.92 Å². The van der Waals surface area contributed by atoms with Crippen LogP contribution < -0.4 is 11.3 Å². The minimum Gasteiger partial charge on any atom is -0.271 e. The van der Waals surface area contributed by atoms with Gasteiger partial charge in [-0.1, -0.05) is 12.2 Å². The molecule has 0 heterocycles. The third-order valence-corrected chi connectivity index (χ3v) is 1.73. The Kier molecular flexibility index (Phi) is 2.74. The first-order valence-corrected chi connectivity index (χ1v) is 3.53. The largest absolute Gasteiger partial charge is 0.271 e. The van der Waals surface area contributed by atoms with Gasteiger partial charge in [0, 0.05) is 6.54 Å². The zero-order valence-corrected chi connectivity index (χ0v) is 5.64. The van der Waals surface area contributed by atoms with Crippen LogP contribution >= 0.6 is 0 Å². The summed E-state index contributed by atoms with van der Waals surface area (Å²) in [5, 5.41) is 0. The predicted molar refractivity (Wildman–Crippen MR) is 38.7 cm³/mol. The molecule has 0 aromatic carbocycles. The third-order valence-electron chi connectivity index (χ3n) is 1.73. The summed E-state index contributed by atoms with van der Waals surface area (Å²) in [6, 6.07) is 0. The second-order valence-corrected chi connectivity index (χ2v) is 2.53. The summed E-state index contributed by atoms with van der Waals surface area (Å²) in [5.74, 6) is 5.86. The van der Waals surface area contributed by atoms with E-state index < -0.39 is 0 Å². The molecule has 0 amide bonds. The third kappa shape index (κ3) is 2.16. The van der Waals surface area contributed by atoms with Crippen molar-refractivity contribution in [2.75, 3.05) is 6.54 Å². The van der Waals surface area contributed by atoms with Crippen molar-refractivity contribution in [2.45, 2.75) is 19.3 Å². The highest BCUT2D eigenvalue weighted by molar-refractivity contribution is 4.93. The maximum absolute atomic E-state index is 5.18. The summed E-state index contributed by atoms with van der Waals surface area (Å²) < 4.78 is 0. The van der Waals surface area contributed by atoms with Gasteiger partial charge in [0.25, 0.3) is 0 Å². The maximum atomic E-state index is 5.18. The van der Waals surface area contributed by atoms with E-state index in [1.165, 1.54) is 19.3 Å². The summed E-state index contributed by atoms with van der Waals surface area (Å²) in [6.07, 6.45) is 8.36. The van der Waals surface area contributed by atoms with Crippen LogP contribution in [0.4, 0.5) is 0 Å². The minimum absolute atomic E-state index is 0.684. The molecule has 0 bridgehead atoms. The first kappa shape index (κ1) is 6.78. The standard InChI is InChI=1S/C7H14N2/c8-9-6-7-4-2-1-3-5-7/h2,4,7,9H,1,3,5-6,8H2. The molecule has 52 valence electrons. The monoisotopic (exact) mass is 126 g/mol. The number of hydrogen-bond donors (Lipinski definition) is 2. The number of allylic oxidation sites excluding steroid dienone is 1. The molecule has 9 heavy (non-hydrogen) atoms. The molecule has 2 nitrogen and oxygen atoms in total. The molecular formula is C7H14N2. The highest BCUT2D eigenvalue weighted by Crippen LogP contribution is 2.15. The molecule has 1 aliphatic rings. The van der Waals surface area contributed by atoms with Gasteiger partial charge >= 0.3 is 0 Å². The van der Waals surface area contributed by atoms with E-state index in [4.69, 9.17) is 5.84 Å². The smallest absolute Gasteiger partial charge is 0.0160 e. The van der Waals surface area contributed by atoms with Gasteiger partial charge in [0.15, 0.2) is 0 Å². The fourth-order valence-electron chi connectivity index (χ4n) is 1.20. The van der Waals surface area contributed by atoms with Crippen LogP contribution in [0.5, 0.6) is 0 Å². The van der Waals surface area contributed by atoms with Crippen LogP contribution in [-0.2, 0) is 0 Å². The van der Waals surface area contributed by atoms with E-state index in [0.717, 1.165) is 6.54 Å². The topological polar surface area (TPSA) is 38.0 Å². The number of hydrazine groups is 1. The van der Waals surface area contributed by atoms with Gasteiger partial charge in [-0.25, -0.2) is 0 Å². The Morgan fingerprint density at radius 3 is 3.11 bits per heavy atom. The SMILES string of the molecule is NNCC1C=CCCC1. The van der Waals surface area contributed by atoms with Gasteiger partial charge in [-0.05, 0) is 25.2 Å². The molecular weight excluding hydrogens is 112 g/mol. The fraction of sp³-hybridized carbons (Fsp3) is 0.714. The Labute approximate surface area is 56.1 Å². The molecule has 1 atom stereocenters. The van der Waals surface area contributed by atoms with E-state index in [1.807, 2.05) is 0 Å². The zero-order chi connectivity index (χ0) is 6.53. The van der Waals surface area contributed by atoms with Crippen molar-refractivity contribution in [2.24, 2.45) is 11.8 Å². The molecule has 0 aliphatic heterocycles. The highest BCUT2D eigenvalue weighted by atomic mass is 15.2. The van der Waals surface area contributed by atoms with E-state index in [-0.39, 0.29) is 0 Å². The van der Waals surface area contributed by atoms with Gasteiger partial charge in [0.2, 0.25) is 0 Å². The molecule has 0 fully saturated rings. The Hall–Kier alpha value is -0.340. The minimum atomic E-state index is 0.684. The Balaban J connectivity index is 2.23. The molecule has 2 heteroatoms. The normalized spacial score (nSPS) is 26.6. The summed E-state index contributed by atoms with van der Waals surface area (Å²) in [7, 11) is 0. The molecule has 1 rings (SSSR count). The quantitative estimate of drug-likeness (QED) is 0.326. The van der Waals surface area contributed by atoms with Crippen LogP contribution in [-0.4, -0.2) is 6.54 Å². The van der Waals surface area contributed by atoms with Crippen molar-refractivity contribution in [3.63, 3.8) is 0 Å². The lowest BCUT2D eigenvalue weighted by Crippen LogP contribution is -2.28. The van der Waals surface area contributed by atoms with E-state index in [2.05, 4.69) is 17.6 Å². The van der Waals surface area contributed by atoms with Crippen molar-refractivity contribution in [3.8, 4) is 0 Å². The van der Waals surface area contributed by atoms with Crippen LogP contribution in [0.2, 0.25) is 0 Å². The van der Waals surface area contributed by atoms with Crippen molar-refractivity contribution < 1.29 is 0 Å². The van der Waals surface area contributed by atoms with E-state index >= 15 is 0 Å². The van der Waals surface area contributed by atoms with E-state index in [9.17, 15) is 0 Å². The number of nitrogens with one attached hydrogen (secondary N) is 1. The summed E-state index contributed by atoms with van der Waals surface area (Å²) in [5.41, 5.74) is 2.69. The summed E-state index contributed by atoms with van der Waals surface area (Å²) in [4.78, 5) is 0. The second kappa shape index (κ2) is 3.64. The fourth-order valence-corrected chi connectivity index (χ4v) is 1.20. The molecule has 1 aliphatic carbocycles. The number of hydrogen-bond acceptors (Lipinski definition) is 2. The Morgan fingerprint density at radius 1 is 1.67 bits per heavy atom. The second-order valence-electron chi connectivity index (χ2n) is 2.53. The van der Waals surface area contributed by atoms with Gasteiger partial charge in [0.05, 0.1) is 0 Å². The van der Waals surface area contributed by atoms with Crippen LogP contribution in [0.25, 0.3) is 0 Å². The number of rotatable bonds is 2.